The Bertz CT molecular complexity index is 259. The molecule has 0 bridgehead atoms. The molecular weight excluding hydrogens is 184 g/mol. The molecule has 1 atom stereocenters. The summed E-state index contributed by atoms with van der Waals surface area (Å²) in [6, 6.07) is 4.15. The Kier molecular flexibility index (Phi) is 3.76. The summed E-state index contributed by atoms with van der Waals surface area (Å²) in [5, 5.41) is 7.40. The molecule has 1 aromatic heterocycles. The van der Waals surface area contributed by atoms with Crippen LogP contribution in [0.25, 0.3) is 0 Å². The van der Waals surface area contributed by atoms with Gasteiger partial charge in [-0.15, -0.1) is 11.3 Å². The first-order chi connectivity index (χ1) is 6.22. The number of thiophene rings is 1. The first-order valence-electron chi connectivity index (χ1n) is 4.23. The second-order valence-corrected chi connectivity index (χ2v) is 3.94. The highest BCUT2D eigenvalue weighted by Gasteiger charge is 2.06. The van der Waals surface area contributed by atoms with Crippen molar-refractivity contribution in [1.82, 2.24) is 10.6 Å². The van der Waals surface area contributed by atoms with E-state index in [2.05, 4.69) is 16.7 Å². The van der Waals surface area contributed by atoms with Gasteiger partial charge in [0, 0.05) is 24.4 Å². The van der Waals surface area contributed by atoms with Crippen molar-refractivity contribution < 1.29 is 4.79 Å². The average molecular weight is 198 g/mol. The van der Waals surface area contributed by atoms with Crippen molar-refractivity contribution >= 4 is 17.4 Å². The molecule has 1 unspecified atom stereocenters. The first kappa shape index (κ1) is 10.1. The van der Waals surface area contributed by atoms with E-state index in [1.807, 2.05) is 18.4 Å². The van der Waals surface area contributed by atoms with Gasteiger partial charge in [-0.25, -0.2) is 4.79 Å². The van der Waals surface area contributed by atoms with E-state index in [-0.39, 0.29) is 12.1 Å². The van der Waals surface area contributed by atoms with E-state index >= 15 is 0 Å². The minimum atomic E-state index is -0.121. The summed E-state index contributed by atoms with van der Waals surface area (Å²) in [5.74, 6) is 0. The van der Waals surface area contributed by atoms with Gasteiger partial charge in [0.1, 0.15) is 0 Å². The normalized spacial score (nSPS) is 12.2. The van der Waals surface area contributed by atoms with Crippen LogP contribution in [0.5, 0.6) is 0 Å². The monoisotopic (exact) mass is 198 g/mol. The minimum absolute atomic E-state index is 0.121. The summed E-state index contributed by atoms with van der Waals surface area (Å²) in [4.78, 5) is 12.2. The van der Waals surface area contributed by atoms with Crippen molar-refractivity contribution in [2.75, 3.05) is 7.05 Å². The second kappa shape index (κ2) is 4.87. The van der Waals surface area contributed by atoms with Crippen LogP contribution in [0.4, 0.5) is 4.79 Å². The molecular formula is C9H14N2OS. The average Bonchev–Trinajstić information content (AvgIpc) is 2.56. The Morgan fingerprint density at radius 1 is 1.69 bits per heavy atom. The van der Waals surface area contributed by atoms with Crippen LogP contribution in [0.3, 0.4) is 0 Å². The van der Waals surface area contributed by atoms with Gasteiger partial charge in [-0.05, 0) is 18.4 Å². The number of hydrogen-bond donors (Lipinski definition) is 2. The molecule has 0 aliphatic carbocycles. The van der Waals surface area contributed by atoms with Crippen LogP contribution in [0.15, 0.2) is 17.5 Å². The quantitative estimate of drug-likeness (QED) is 0.761. The van der Waals surface area contributed by atoms with Crippen LogP contribution in [0.2, 0.25) is 0 Å². The molecule has 0 spiro atoms. The SMILES string of the molecule is CNC(=O)NC(C)Cc1cccs1. The highest BCUT2D eigenvalue weighted by molar-refractivity contribution is 7.09. The largest absolute Gasteiger partial charge is 0.341 e. The third-order valence-corrected chi connectivity index (χ3v) is 2.59. The molecule has 1 rings (SSSR count). The van der Waals surface area contributed by atoms with Crippen LogP contribution in [-0.4, -0.2) is 19.1 Å². The summed E-state index contributed by atoms with van der Waals surface area (Å²) in [7, 11) is 1.62. The molecule has 4 heteroatoms. The highest BCUT2D eigenvalue weighted by atomic mass is 32.1. The molecule has 0 saturated carbocycles. The number of amides is 2. The Balaban J connectivity index is 2.33. The van der Waals surface area contributed by atoms with Gasteiger partial charge in [0.15, 0.2) is 0 Å². The van der Waals surface area contributed by atoms with Crippen molar-refractivity contribution in [2.24, 2.45) is 0 Å². The van der Waals surface area contributed by atoms with E-state index in [1.165, 1.54) is 4.88 Å². The zero-order valence-electron chi connectivity index (χ0n) is 7.83. The fraction of sp³-hybridized carbons (Fsp3) is 0.444. The van der Waals surface area contributed by atoms with Crippen LogP contribution in [-0.2, 0) is 6.42 Å². The molecule has 0 fully saturated rings. The van der Waals surface area contributed by atoms with E-state index in [0.29, 0.717) is 0 Å². The van der Waals surface area contributed by atoms with Crippen LogP contribution < -0.4 is 10.6 Å². The molecule has 0 saturated heterocycles. The Labute approximate surface area is 82.2 Å². The molecule has 2 amide bonds. The number of carbonyl (C=O) groups excluding carboxylic acids is 1. The van der Waals surface area contributed by atoms with Crippen molar-refractivity contribution in [1.29, 1.82) is 0 Å². The van der Waals surface area contributed by atoms with Crippen molar-refractivity contribution in [2.45, 2.75) is 19.4 Å². The summed E-state index contributed by atoms with van der Waals surface area (Å²) >= 11 is 1.71. The molecule has 72 valence electrons. The lowest BCUT2D eigenvalue weighted by Gasteiger charge is -2.11. The maximum Gasteiger partial charge on any atom is 0.314 e. The minimum Gasteiger partial charge on any atom is -0.341 e. The summed E-state index contributed by atoms with van der Waals surface area (Å²) in [5.41, 5.74) is 0. The Hall–Kier alpha value is -1.03. The molecule has 1 aromatic rings. The van der Waals surface area contributed by atoms with E-state index in [1.54, 1.807) is 18.4 Å². The second-order valence-electron chi connectivity index (χ2n) is 2.91. The topological polar surface area (TPSA) is 41.1 Å². The number of carbonyl (C=O) groups is 1. The van der Waals surface area contributed by atoms with Gasteiger partial charge >= 0.3 is 6.03 Å². The van der Waals surface area contributed by atoms with Crippen LogP contribution in [0, 0.1) is 0 Å². The molecule has 0 radical (unpaired) electrons. The molecule has 0 aromatic carbocycles. The Morgan fingerprint density at radius 2 is 2.46 bits per heavy atom. The fourth-order valence-electron chi connectivity index (χ4n) is 1.08. The number of nitrogens with one attached hydrogen (secondary N) is 2. The van der Waals surface area contributed by atoms with E-state index in [0.717, 1.165) is 6.42 Å². The molecule has 3 nitrogen and oxygen atoms in total. The van der Waals surface area contributed by atoms with E-state index in [4.69, 9.17) is 0 Å². The summed E-state index contributed by atoms with van der Waals surface area (Å²) in [6.07, 6.45) is 0.894. The van der Waals surface area contributed by atoms with Gasteiger partial charge in [-0.3, -0.25) is 0 Å². The lowest BCUT2D eigenvalue weighted by molar-refractivity contribution is 0.240. The van der Waals surface area contributed by atoms with Crippen LogP contribution in [0.1, 0.15) is 11.8 Å². The van der Waals surface area contributed by atoms with Crippen LogP contribution >= 0.6 is 11.3 Å². The smallest absolute Gasteiger partial charge is 0.314 e. The maximum atomic E-state index is 10.9. The molecule has 0 aliphatic rings. The van der Waals surface area contributed by atoms with Crippen molar-refractivity contribution in [3.05, 3.63) is 22.4 Å². The lowest BCUT2D eigenvalue weighted by Crippen LogP contribution is -2.39. The van der Waals surface area contributed by atoms with Gasteiger partial charge in [0.05, 0.1) is 0 Å². The van der Waals surface area contributed by atoms with Crippen molar-refractivity contribution in [3.8, 4) is 0 Å². The molecule has 1 heterocycles. The van der Waals surface area contributed by atoms with E-state index < -0.39 is 0 Å². The third kappa shape index (κ3) is 3.46. The summed E-state index contributed by atoms with van der Waals surface area (Å²) < 4.78 is 0. The standard InChI is InChI=1S/C9H14N2OS/c1-7(11-9(12)10-2)6-8-4-3-5-13-8/h3-5,7H,6H2,1-2H3,(H2,10,11,12). The number of urea groups is 1. The zero-order valence-corrected chi connectivity index (χ0v) is 8.65. The van der Waals surface area contributed by atoms with Gasteiger partial charge in [0.2, 0.25) is 0 Å². The molecule has 2 N–H and O–H groups in total. The van der Waals surface area contributed by atoms with Gasteiger partial charge in [-0.1, -0.05) is 6.07 Å². The summed E-state index contributed by atoms with van der Waals surface area (Å²) in [6.45, 7) is 2.00. The highest BCUT2D eigenvalue weighted by Crippen LogP contribution is 2.10. The zero-order chi connectivity index (χ0) is 9.68. The molecule has 13 heavy (non-hydrogen) atoms. The first-order valence-corrected chi connectivity index (χ1v) is 5.11. The predicted octanol–water partition coefficient (Wildman–Crippen LogP) is 1.61. The predicted molar refractivity (Wildman–Crippen MR) is 55.1 cm³/mol. The maximum absolute atomic E-state index is 10.9. The van der Waals surface area contributed by atoms with Gasteiger partial charge < -0.3 is 10.6 Å². The lowest BCUT2D eigenvalue weighted by atomic mass is 10.2. The number of rotatable bonds is 3. The van der Waals surface area contributed by atoms with E-state index in [9.17, 15) is 4.79 Å². The number of hydrogen-bond acceptors (Lipinski definition) is 2. The van der Waals surface area contributed by atoms with Gasteiger partial charge in [0.25, 0.3) is 0 Å². The third-order valence-electron chi connectivity index (χ3n) is 1.69. The Morgan fingerprint density at radius 3 is 3.00 bits per heavy atom. The molecule has 0 aliphatic heterocycles. The van der Waals surface area contributed by atoms with Gasteiger partial charge in [-0.2, -0.15) is 0 Å². The fourth-order valence-corrected chi connectivity index (χ4v) is 1.91. The van der Waals surface area contributed by atoms with Crippen molar-refractivity contribution in [3.63, 3.8) is 0 Å².